The Morgan fingerprint density at radius 3 is 2.50 bits per heavy atom. The molecule has 0 aromatic heterocycles. The lowest BCUT2D eigenvalue weighted by atomic mass is 9.63. The van der Waals surface area contributed by atoms with Gasteiger partial charge in [0.25, 0.3) is 0 Å². The molecular formula is C33H50O11. The SMILES string of the molecule is C=C1C(O)C(OC2OC(COC)C34OC(OC3C2O)C(C)(C2CO2)O4)C2=C(C(C)C)CCC2(C)CC2C1CCC2(O)COC. The van der Waals surface area contributed by atoms with Gasteiger partial charge in [0.2, 0.25) is 5.79 Å². The van der Waals surface area contributed by atoms with Gasteiger partial charge in [0, 0.05) is 14.2 Å². The maximum atomic E-state index is 12.1. The van der Waals surface area contributed by atoms with Crippen molar-refractivity contribution in [3.8, 4) is 0 Å². The fraction of sp³-hybridized carbons (Fsp3) is 0.879. The molecule has 0 amide bonds. The molecule has 3 N–H and O–H groups in total. The molecule has 2 bridgehead atoms. The van der Waals surface area contributed by atoms with E-state index >= 15 is 0 Å². The fourth-order valence-corrected chi connectivity index (χ4v) is 9.48. The molecule has 44 heavy (non-hydrogen) atoms. The highest BCUT2D eigenvalue weighted by atomic mass is 16.9. The van der Waals surface area contributed by atoms with E-state index in [1.165, 1.54) is 5.57 Å². The average molecular weight is 623 g/mol. The van der Waals surface area contributed by atoms with Gasteiger partial charge in [0.1, 0.15) is 42.2 Å². The zero-order valence-electron chi connectivity index (χ0n) is 26.8. The van der Waals surface area contributed by atoms with Crippen molar-refractivity contribution in [1.82, 2.24) is 0 Å². The topological polar surface area (TPSA) is 138 Å². The Morgan fingerprint density at radius 2 is 1.84 bits per heavy atom. The van der Waals surface area contributed by atoms with Gasteiger partial charge < -0.3 is 53.2 Å². The molecule has 0 aromatic rings. The Balaban J connectivity index is 1.23. The molecule has 14 atom stereocenters. The number of hydrogen-bond acceptors (Lipinski definition) is 11. The van der Waals surface area contributed by atoms with Crippen LogP contribution in [0.5, 0.6) is 0 Å². The zero-order valence-corrected chi connectivity index (χ0v) is 26.8. The molecule has 11 nitrogen and oxygen atoms in total. The van der Waals surface area contributed by atoms with E-state index in [4.69, 9.17) is 37.9 Å². The first-order valence-corrected chi connectivity index (χ1v) is 16.3. The summed E-state index contributed by atoms with van der Waals surface area (Å²) >= 11 is 0. The van der Waals surface area contributed by atoms with Crippen LogP contribution in [0, 0.1) is 23.2 Å². The van der Waals surface area contributed by atoms with Crippen molar-refractivity contribution in [1.29, 1.82) is 0 Å². The Hall–Kier alpha value is -0.960. The number of rotatable bonds is 8. The molecule has 4 aliphatic heterocycles. The molecular weight excluding hydrogens is 572 g/mol. The minimum atomic E-state index is -1.39. The lowest BCUT2D eigenvalue weighted by molar-refractivity contribution is -0.384. The van der Waals surface area contributed by atoms with Crippen molar-refractivity contribution in [2.75, 3.05) is 34.0 Å². The Labute approximate surface area is 259 Å². The van der Waals surface area contributed by atoms with Gasteiger partial charge in [-0.25, -0.2) is 0 Å². The van der Waals surface area contributed by atoms with Crippen molar-refractivity contribution in [2.24, 2.45) is 23.2 Å². The Kier molecular flexibility index (Phi) is 7.75. The van der Waals surface area contributed by atoms with Crippen LogP contribution in [0.25, 0.3) is 0 Å². The first-order valence-electron chi connectivity index (χ1n) is 16.3. The molecule has 7 aliphatic rings. The second-order valence-electron chi connectivity index (χ2n) is 15.0. The highest BCUT2D eigenvalue weighted by Gasteiger charge is 2.77. The Bertz CT molecular complexity index is 1190. The van der Waals surface area contributed by atoms with E-state index in [1.807, 2.05) is 6.92 Å². The summed E-state index contributed by atoms with van der Waals surface area (Å²) in [5, 5.41) is 35.7. The van der Waals surface area contributed by atoms with Crippen LogP contribution < -0.4 is 0 Å². The van der Waals surface area contributed by atoms with E-state index in [9.17, 15) is 15.3 Å². The van der Waals surface area contributed by atoms with E-state index in [0.29, 0.717) is 25.0 Å². The third-order valence-electron chi connectivity index (χ3n) is 11.9. The van der Waals surface area contributed by atoms with E-state index in [2.05, 4.69) is 27.4 Å². The van der Waals surface area contributed by atoms with Crippen molar-refractivity contribution in [3.63, 3.8) is 0 Å². The van der Waals surface area contributed by atoms with Gasteiger partial charge in [-0.1, -0.05) is 32.9 Å². The number of epoxide rings is 1. The van der Waals surface area contributed by atoms with Crippen LogP contribution in [0.15, 0.2) is 23.3 Å². The summed E-state index contributed by atoms with van der Waals surface area (Å²) in [6, 6.07) is 0. The molecule has 7 rings (SSSR count). The standard InChI is InChI=1S/C33H50O11/c1-16(2)18-8-10-30(4)12-20-19(9-11-32(20,36)15-38-7)17(3)24(34)26(23(18)30)41-28-25(35)27-33(22(40-28)13-37-6)43-29(42-27)31(5,44-33)21-14-39-21/h16,19-22,24-29,34-36H,3,8-15H2,1-2,4-7H3. The molecule has 2 saturated carbocycles. The van der Waals surface area contributed by atoms with Crippen LogP contribution in [0.1, 0.15) is 59.8 Å². The molecule has 4 heterocycles. The number of methoxy groups -OCH3 is 2. The smallest absolute Gasteiger partial charge is 0.230 e. The predicted octanol–water partition coefficient (Wildman–Crippen LogP) is 2.21. The molecule has 1 spiro atoms. The van der Waals surface area contributed by atoms with Gasteiger partial charge in [-0.15, -0.1) is 0 Å². The number of ether oxygens (including phenoxy) is 8. The number of allylic oxidation sites excluding steroid dienone is 1. The number of hydrogen-bond donors (Lipinski definition) is 3. The lowest BCUT2D eigenvalue weighted by Crippen LogP contribution is -2.70. The minimum Gasteiger partial charge on any atom is -0.387 e. The van der Waals surface area contributed by atoms with E-state index < -0.39 is 60.1 Å². The average Bonchev–Trinajstić information content (AvgIpc) is 3.48. The highest BCUT2D eigenvalue weighted by molar-refractivity contribution is 5.38. The molecule has 3 aliphatic carbocycles. The first-order chi connectivity index (χ1) is 20.8. The second kappa shape index (κ2) is 10.8. The summed E-state index contributed by atoms with van der Waals surface area (Å²) in [6.45, 7) is 13.7. The van der Waals surface area contributed by atoms with Gasteiger partial charge in [-0.2, -0.15) is 0 Å². The van der Waals surface area contributed by atoms with Gasteiger partial charge in [0.15, 0.2) is 12.6 Å². The summed E-state index contributed by atoms with van der Waals surface area (Å²) in [4.78, 5) is 0. The summed E-state index contributed by atoms with van der Waals surface area (Å²) in [5.74, 6) is -1.38. The molecule has 0 radical (unpaired) electrons. The molecule has 14 unspecified atom stereocenters. The summed E-state index contributed by atoms with van der Waals surface area (Å²) < 4.78 is 48.9. The molecule has 11 heteroatoms. The van der Waals surface area contributed by atoms with Gasteiger partial charge >= 0.3 is 0 Å². The number of aliphatic hydroxyl groups is 3. The minimum absolute atomic E-state index is 0.0996. The van der Waals surface area contributed by atoms with E-state index in [1.54, 1.807) is 14.2 Å². The number of fused-ring (bicyclic) bond motifs is 3. The molecule has 0 aromatic carbocycles. The van der Waals surface area contributed by atoms with Crippen molar-refractivity contribution < 1.29 is 53.2 Å². The van der Waals surface area contributed by atoms with Crippen LogP contribution in [-0.2, 0) is 37.9 Å². The van der Waals surface area contributed by atoms with Gasteiger partial charge in [-0.3, -0.25) is 0 Å². The van der Waals surface area contributed by atoms with Crippen LogP contribution >= 0.6 is 0 Å². The quantitative estimate of drug-likeness (QED) is 0.271. The van der Waals surface area contributed by atoms with Crippen LogP contribution in [-0.4, -0.2) is 116 Å². The van der Waals surface area contributed by atoms with Crippen molar-refractivity contribution in [2.45, 2.75) is 126 Å². The third kappa shape index (κ3) is 4.49. The summed E-state index contributed by atoms with van der Waals surface area (Å²) in [7, 11) is 3.18. The molecule has 248 valence electrons. The maximum absolute atomic E-state index is 12.1. The largest absolute Gasteiger partial charge is 0.387 e. The number of aliphatic hydroxyl groups excluding tert-OH is 2. The molecule has 6 fully saturated rings. The van der Waals surface area contributed by atoms with Crippen LogP contribution in [0.4, 0.5) is 0 Å². The second-order valence-corrected chi connectivity index (χ2v) is 15.0. The monoisotopic (exact) mass is 622 g/mol. The van der Waals surface area contributed by atoms with E-state index in [-0.39, 0.29) is 42.5 Å². The van der Waals surface area contributed by atoms with Gasteiger partial charge in [0.05, 0.1) is 25.4 Å². The summed E-state index contributed by atoms with van der Waals surface area (Å²) in [6.07, 6.45) is -3.18. The lowest BCUT2D eigenvalue weighted by Gasteiger charge is -2.51. The van der Waals surface area contributed by atoms with Gasteiger partial charge in [-0.05, 0) is 73.3 Å². The van der Waals surface area contributed by atoms with Crippen LogP contribution in [0.3, 0.4) is 0 Å². The highest BCUT2D eigenvalue weighted by Crippen LogP contribution is 2.60. The molecule has 4 saturated heterocycles. The fourth-order valence-electron chi connectivity index (χ4n) is 9.48. The predicted molar refractivity (Wildman–Crippen MR) is 155 cm³/mol. The third-order valence-corrected chi connectivity index (χ3v) is 11.9. The summed E-state index contributed by atoms with van der Waals surface area (Å²) in [5.41, 5.74) is 0.704. The Morgan fingerprint density at radius 1 is 1.09 bits per heavy atom. The first kappa shape index (κ1) is 31.6. The zero-order chi connectivity index (χ0) is 31.4. The van der Waals surface area contributed by atoms with Crippen molar-refractivity contribution >= 4 is 0 Å². The maximum Gasteiger partial charge on any atom is 0.230 e. The van der Waals surface area contributed by atoms with Crippen molar-refractivity contribution in [3.05, 3.63) is 23.3 Å². The van der Waals surface area contributed by atoms with Crippen LogP contribution in [0.2, 0.25) is 0 Å². The van der Waals surface area contributed by atoms with E-state index in [0.717, 1.165) is 24.8 Å². The normalized spacial score (nSPS) is 53.1.